The molecule has 2 N–H and O–H groups in total. The molecule has 6 heteroatoms. The SMILES string of the molecule is O=C(CCNc1ccccc1Cl)Nc1ccc2c(c1)OCCO2. The Kier molecular flexibility index (Phi) is 4.88. The number of carbonyl (C=O) groups is 1. The number of fused-ring (bicyclic) bond motifs is 1. The van der Waals surface area contributed by atoms with Crippen molar-refractivity contribution in [3.63, 3.8) is 0 Å². The molecule has 0 bridgehead atoms. The lowest BCUT2D eigenvalue weighted by atomic mass is 10.2. The van der Waals surface area contributed by atoms with Crippen LogP contribution >= 0.6 is 11.6 Å². The maximum absolute atomic E-state index is 12.0. The molecule has 0 unspecified atom stereocenters. The van der Waals surface area contributed by atoms with Gasteiger partial charge in [0.2, 0.25) is 5.91 Å². The number of rotatable bonds is 5. The lowest BCUT2D eigenvalue weighted by Gasteiger charge is -2.19. The largest absolute Gasteiger partial charge is 0.486 e. The van der Waals surface area contributed by atoms with Gasteiger partial charge in [-0.15, -0.1) is 0 Å². The minimum Gasteiger partial charge on any atom is -0.486 e. The second-order valence-corrected chi connectivity index (χ2v) is 5.47. The zero-order valence-corrected chi connectivity index (χ0v) is 13.2. The summed E-state index contributed by atoms with van der Waals surface area (Å²) in [5.74, 6) is 1.28. The first kappa shape index (κ1) is 15.5. The minimum atomic E-state index is -0.0822. The first-order chi connectivity index (χ1) is 11.2. The number of hydrogen-bond acceptors (Lipinski definition) is 4. The molecule has 1 aliphatic rings. The van der Waals surface area contributed by atoms with Crippen LogP contribution in [0.5, 0.6) is 11.5 Å². The summed E-state index contributed by atoms with van der Waals surface area (Å²) in [7, 11) is 0. The quantitative estimate of drug-likeness (QED) is 0.879. The van der Waals surface area contributed by atoms with Crippen LogP contribution in [-0.4, -0.2) is 25.7 Å². The van der Waals surface area contributed by atoms with Crippen LogP contribution in [-0.2, 0) is 4.79 Å². The maximum Gasteiger partial charge on any atom is 0.226 e. The Hall–Kier alpha value is -2.40. The number of halogens is 1. The van der Waals surface area contributed by atoms with Gasteiger partial charge in [0, 0.05) is 24.7 Å². The van der Waals surface area contributed by atoms with Crippen molar-refractivity contribution in [3.05, 3.63) is 47.5 Å². The van der Waals surface area contributed by atoms with E-state index in [-0.39, 0.29) is 5.91 Å². The van der Waals surface area contributed by atoms with Crippen molar-refractivity contribution in [2.24, 2.45) is 0 Å². The van der Waals surface area contributed by atoms with Gasteiger partial charge < -0.3 is 20.1 Å². The summed E-state index contributed by atoms with van der Waals surface area (Å²) in [6.45, 7) is 1.57. The lowest BCUT2D eigenvalue weighted by Crippen LogP contribution is -2.18. The molecule has 0 spiro atoms. The molecule has 120 valence electrons. The zero-order chi connectivity index (χ0) is 16.1. The topological polar surface area (TPSA) is 59.6 Å². The second kappa shape index (κ2) is 7.24. The molecule has 1 amide bonds. The Labute approximate surface area is 139 Å². The molecule has 2 aromatic rings. The van der Waals surface area contributed by atoms with E-state index in [1.54, 1.807) is 24.3 Å². The van der Waals surface area contributed by atoms with Crippen molar-refractivity contribution in [1.29, 1.82) is 0 Å². The van der Waals surface area contributed by atoms with Gasteiger partial charge in [-0.3, -0.25) is 4.79 Å². The number of carbonyl (C=O) groups excluding carboxylic acids is 1. The van der Waals surface area contributed by atoms with Gasteiger partial charge in [-0.2, -0.15) is 0 Å². The first-order valence-corrected chi connectivity index (χ1v) is 7.78. The lowest BCUT2D eigenvalue weighted by molar-refractivity contribution is -0.115. The third-order valence-corrected chi connectivity index (χ3v) is 3.70. The van der Waals surface area contributed by atoms with Crippen LogP contribution < -0.4 is 20.1 Å². The summed E-state index contributed by atoms with van der Waals surface area (Å²) < 4.78 is 10.9. The number of anilines is 2. The minimum absolute atomic E-state index is 0.0822. The van der Waals surface area contributed by atoms with Crippen LogP contribution in [0, 0.1) is 0 Å². The fourth-order valence-corrected chi connectivity index (χ4v) is 2.46. The Morgan fingerprint density at radius 3 is 2.70 bits per heavy atom. The van der Waals surface area contributed by atoms with Crippen molar-refractivity contribution in [3.8, 4) is 11.5 Å². The van der Waals surface area contributed by atoms with E-state index in [2.05, 4.69) is 10.6 Å². The molecule has 5 nitrogen and oxygen atoms in total. The van der Waals surface area contributed by atoms with Crippen LogP contribution in [0.15, 0.2) is 42.5 Å². The molecule has 1 heterocycles. The Balaban J connectivity index is 1.50. The Morgan fingerprint density at radius 2 is 1.87 bits per heavy atom. The summed E-state index contributed by atoms with van der Waals surface area (Å²) in [6.07, 6.45) is 0.333. The highest BCUT2D eigenvalue weighted by Crippen LogP contribution is 2.32. The van der Waals surface area contributed by atoms with E-state index in [9.17, 15) is 4.79 Å². The van der Waals surface area contributed by atoms with E-state index in [1.165, 1.54) is 0 Å². The van der Waals surface area contributed by atoms with Gasteiger partial charge in [-0.25, -0.2) is 0 Å². The molecule has 2 aromatic carbocycles. The first-order valence-electron chi connectivity index (χ1n) is 7.40. The molecule has 1 aliphatic heterocycles. The molecular weight excluding hydrogens is 316 g/mol. The van der Waals surface area contributed by atoms with Gasteiger partial charge in [0.25, 0.3) is 0 Å². The van der Waals surface area contributed by atoms with Crippen LogP contribution in [0.25, 0.3) is 0 Å². The van der Waals surface area contributed by atoms with Gasteiger partial charge in [0.05, 0.1) is 10.7 Å². The van der Waals surface area contributed by atoms with Gasteiger partial charge in [0.1, 0.15) is 13.2 Å². The van der Waals surface area contributed by atoms with E-state index < -0.39 is 0 Å². The summed E-state index contributed by atoms with van der Waals surface area (Å²) >= 11 is 6.05. The summed E-state index contributed by atoms with van der Waals surface area (Å²) in [5, 5.41) is 6.63. The highest BCUT2D eigenvalue weighted by Gasteiger charge is 2.12. The maximum atomic E-state index is 12.0. The van der Waals surface area contributed by atoms with E-state index in [0.717, 1.165) is 5.69 Å². The fourth-order valence-electron chi connectivity index (χ4n) is 2.26. The van der Waals surface area contributed by atoms with Crippen molar-refractivity contribution in [2.45, 2.75) is 6.42 Å². The second-order valence-electron chi connectivity index (χ2n) is 5.06. The van der Waals surface area contributed by atoms with Crippen molar-refractivity contribution < 1.29 is 14.3 Å². The normalized spacial score (nSPS) is 12.6. The predicted octanol–water partition coefficient (Wildman–Crippen LogP) is 3.55. The Morgan fingerprint density at radius 1 is 1.09 bits per heavy atom. The number of para-hydroxylation sites is 1. The molecular formula is C17H17ClN2O3. The molecule has 0 saturated carbocycles. The Bertz CT molecular complexity index is 706. The molecule has 0 fully saturated rings. The van der Waals surface area contributed by atoms with Crippen LogP contribution in [0.1, 0.15) is 6.42 Å². The van der Waals surface area contributed by atoms with Gasteiger partial charge in [0.15, 0.2) is 11.5 Å². The van der Waals surface area contributed by atoms with Crippen molar-refractivity contribution in [1.82, 2.24) is 0 Å². The molecule has 0 atom stereocenters. The molecule has 0 saturated heterocycles. The smallest absolute Gasteiger partial charge is 0.226 e. The van der Waals surface area contributed by atoms with Gasteiger partial charge in [-0.1, -0.05) is 23.7 Å². The van der Waals surface area contributed by atoms with Crippen LogP contribution in [0.3, 0.4) is 0 Å². The van der Waals surface area contributed by atoms with Crippen LogP contribution in [0.2, 0.25) is 5.02 Å². The molecule has 0 radical (unpaired) electrons. The predicted molar refractivity (Wildman–Crippen MR) is 90.6 cm³/mol. The van der Waals surface area contributed by atoms with E-state index in [0.29, 0.717) is 48.4 Å². The molecule has 23 heavy (non-hydrogen) atoms. The highest BCUT2D eigenvalue weighted by atomic mass is 35.5. The van der Waals surface area contributed by atoms with Crippen LogP contribution in [0.4, 0.5) is 11.4 Å². The van der Waals surface area contributed by atoms with Gasteiger partial charge in [-0.05, 0) is 24.3 Å². The number of amides is 1. The average Bonchev–Trinajstić information content (AvgIpc) is 2.56. The third kappa shape index (κ3) is 4.07. The number of nitrogens with one attached hydrogen (secondary N) is 2. The monoisotopic (exact) mass is 332 g/mol. The summed E-state index contributed by atoms with van der Waals surface area (Å²) in [5.41, 5.74) is 1.51. The van der Waals surface area contributed by atoms with Crippen molar-refractivity contribution >= 4 is 28.9 Å². The molecule has 3 rings (SSSR count). The van der Waals surface area contributed by atoms with Gasteiger partial charge >= 0.3 is 0 Å². The third-order valence-electron chi connectivity index (χ3n) is 3.37. The highest BCUT2D eigenvalue weighted by molar-refractivity contribution is 6.33. The zero-order valence-electron chi connectivity index (χ0n) is 12.5. The van der Waals surface area contributed by atoms with E-state index in [1.807, 2.05) is 18.2 Å². The van der Waals surface area contributed by atoms with Crippen molar-refractivity contribution in [2.75, 3.05) is 30.4 Å². The van der Waals surface area contributed by atoms with E-state index >= 15 is 0 Å². The number of hydrogen-bond donors (Lipinski definition) is 2. The molecule has 0 aliphatic carbocycles. The van der Waals surface area contributed by atoms with E-state index in [4.69, 9.17) is 21.1 Å². The summed E-state index contributed by atoms with van der Waals surface area (Å²) in [6, 6.07) is 12.8. The molecule has 0 aromatic heterocycles. The summed E-state index contributed by atoms with van der Waals surface area (Å²) in [4.78, 5) is 12.0. The average molecular weight is 333 g/mol. The number of ether oxygens (including phenoxy) is 2. The fraction of sp³-hybridized carbons (Fsp3) is 0.235. The standard InChI is InChI=1S/C17H17ClN2O3/c18-13-3-1-2-4-14(13)19-8-7-17(21)20-12-5-6-15-16(11-12)23-10-9-22-15/h1-6,11,19H,7-10H2,(H,20,21). The number of benzene rings is 2.